The van der Waals surface area contributed by atoms with Crippen LogP contribution in [0.2, 0.25) is 0 Å². The molecule has 0 atom stereocenters. The molecular formula is C11H12ClNO2. The number of nitrogens with zero attached hydrogens (tertiary/aromatic N) is 1. The SMILES string of the molecule is C=CCOC(=O)C1=CCC(=NCCl)C=C1. The molecule has 0 aromatic rings. The zero-order valence-corrected chi connectivity index (χ0v) is 9.04. The van der Waals surface area contributed by atoms with Crippen LogP contribution in [-0.4, -0.2) is 24.3 Å². The van der Waals surface area contributed by atoms with Gasteiger partial charge in [-0.25, -0.2) is 4.79 Å². The predicted octanol–water partition coefficient (Wildman–Crippen LogP) is 2.24. The molecule has 0 spiro atoms. The Bertz CT molecular complexity index is 342. The smallest absolute Gasteiger partial charge is 0.338 e. The van der Waals surface area contributed by atoms with Crippen LogP contribution in [-0.2, 0) is 9.53 Å². The molecule has 0 aliphatic heterocycles. The molecule has 80 valence electrons. The van der Waals surface area contributed by atoms with E-state index in [2.05, 4.69) is 11.6 Å². The van der Waals surface area contributed by atoms with E-state index in [-0.39, 0.29) is 18.6 Å². The molecule has 3 nitrogen and oxygen atoms in total. The van der Waals surface area contributed by atoms with Crippen LogP contribution in [0.25, 0.3) is 0 Å². The van der Waals surface area contributed by atoms with E-state index in [1.165, 1.54) is 6.08 Å². The molecule has 0 saturated heterocycles. The topological polar surface area (TPSA) is 38.7 Å². The van der Waals surface area contributed by atoms with Crippen LogP contribution in [0.5, 0.6) is 0 Å². The summed E-state index contributed by atoms with van der Waals surface area (Å²) in [5.41, 5.74) is 1.41. The summed E-state index contributed by atoms with van der Waals surface area (Å²) >= 11 is 5.46. The standard InChI is InChI=1S/C11H12ClNO2/c1-2-7-15-11(14)9-3-5-10(6-4-9)13-8-12/h2-5H,1,6-8H2. The number of hydrogen-bond acceptors (Lipinski definition) is 3. The molecule has 0 aromatic heterocycles. The van der Waals surface area contributed by atoms with E-state index in [1.54, 1.807) is 18.2 Å². The fourth-order valence-corrected chi connectivity index (χ4v) is 1.25. The molecule has 0 bridgehead atoms. The van der Waals surface area contributed by atoms with Crippen LogP contribution in [0, 0.1) is 0 Å². The molecule has 0 amide bonds. The molecule has 0 N–H and O–H groups in total. The van der Waals surface area contributed by atoms with Crippen LogP contribution < -0.4 is 0 Å². The predicted molar refractivity (Wildman–Crippen MR) is 61.2 cm³/mol. The van der Waals surface area contributed by atoms with Crippen molar-refractivity contribution in [1.82, 2.24) is 0 Å². The van der Waals surface area contributed by atoms with Crippen molar-refractivity contribution in [3.63, 3.8) is 0 Å². The van der Waals surface area contributed by atoms with Crippen LogP contribution in [0.1, 0.15) is 6.42 Å². The molecule has 0 unspecified atom stereocenters. The van der Waals surface area contributed by atoms with E-state index >= 15 is 0 Å². The molecule has 4 heteroatoms. The Morgan fingerprint density at radius 3 is 3.00 bits per heavy atom. The Labute approximate surface area is 93.8 Å². The molecule has 0 heterocycles. The minimum Gasteiger partial charge on any atom is -0.458 e. The minimum atomic E-state index is -0.337. The van der Waals surface area contributed by atoms with Crippen molar-refractivity contribution in [2.75, 3.05) is 12.6 Å². The number of allylic oxidation sites excluding steroid dienone is 2. The van der Waals surface area contributed by atoms with E-state index in [0.29, 0.717) is 12.0 Å². The lowest BCUT2D eigenvalue weighted by atomic mass is 10.1. The monoisotopic (exact) mass is 225 g/mol. The fraction of sp³-hybridized carbons (Fsp3) is 0.273. The van der Waals surface area contributed by atoms with Gasteiger partial charge in [-0.1, -0.05) is 18.7 Å². The van der Waals surface area contributed by atoms with Crippen molar-refractivity contribution in [2.24, 2.45) is 4.99 Å². The van der Waals surface area contributed by atoms with Crippen LogP contribution >= 0.6 is 11.6 Å². The van der Waals surface area contributed by atoms with E-state index in [0.717, 1.165) is 5.71 Å². The maximum absolute atomic E-state index is 11.4. The van der Waals surface area contributed by atoms with Gasteiger partial charge in [-0.15, -0.1) is 11.6 Å². The van der Waals surface area contributed by atoms with Gasteiger partial charge in [0.05, 0.1) is 5.57 Å². The second-order valence-electron chi connectivity index (χ2n) is 2.85. The van der Waals surface area contributed by atoms with Crippen molar-refractivity contribution in [2.45, 2.75) is 6.42 Å². The molecule has 0 fully saturated rings. The molecule has 1 rings (SSSR count). The second-order valence-corrected chi connectivity index (χ2v) is 3.09. The van der Waals surface area contributed by atoms with Gasteiger partial charge < -0.3 is 4.74 Å². The number of hydrogen-bond donors (Lipinski definition) is 0. The minimum absolute atomic E-state index is 0.229. The highest BCUT2D eigenvalue weighted by atomic mass is 35.5. The lowest BCUT2D eigenvalue weighted by molar-refractivity contribution is -0.137. The first kappa shape index (κ1) is 11.7. The summed E-state index contributed by atoms with van der Waals surface area (Å²) in [7, 11) is 0. The normalized spacial score (nSPS) is 17.4. The van der Waals surface area contributed by atoms with Gasteiger partial charge in [-0.2, -0.15) is 0 Å². The van der Waals surface area contributed by atoms with Gasteiger partial charge >= 0.3 is 5.97 Å². The summed E-state index contributed by atoms with van der Waals surface area (Å²) in [5, 5.41) is 0. The van der Waals surface area contributed by atoms with E-state index in [9.17, 15) is 4.79 Å². The summed E-state index contributed by atoms with van der Waals surface area (Å²) in [6.45, 7) is 3.69. The Kier molecular flexibility index (Phi) is 4.84. The average molecular weight is 226 g/mol. The molecule has 0 saturated carbocycles. The Balaban J connectivity index is 2.54. The van der Waals surface area contributed by atoms with E-state index < -0.39 is 0 Å². The van der Waals surface area contributed by atoms with Gasteiger partial charge in [0, 0.05) is 12.1 Å². The third-order valence-corrected chi connectivity index (χ3v) is 1.94. The summed E-state index contributed by atoms with van der Waals surface area (Å²) in [4.78, 5) is 15.4. The van der Waals surface area contributed by atoms with E-state index in [1.807, 2.05) is 0 Å². The van der Waals surface area contributed by atoms with Gasteiger partial charge in [-0.3, -0.25) is 4.99 Å². The van der Waals surface area contributed by atoms with Crippen LogP contribution in [0.4, 0.5) is 0 Å². The quantitative estimate of drug-likeness (QED) is 0.319. The first-order valence-corrected chi connectivity index (χ1v) is 5.07. The average Bonchev–Trinajstić information content (AvgIpc) is 2.27. The van der Waals surface area contributed by atoms with Crippen LogP contribution in [0.15, 0.2) is 41.4 Å². The number of carbonyl (C=O) groups excluding carboxylic acids is 1. The maximum Gasteiger partial charge on any atom is 0.338 e. The van der Waals surface area contributed by atoms with E-state index in [4.69, 9.17) is 16.3 Å². The number of alkyl halides is 1. The lowest BCUT2D eigenvalue weighted by Gasteiger charge is -2.07. The zero-order valence-electron chi connectivity index (χ0n) is 8.28. The molecule has 1 aliphatic carbocycles. The summed E-state index contributed by atoms with van der Waals surface area (Å²) in [6, 6.07) is 0.240. The van der Waals surface area contributed by atoms with Crippen molar-refractivity contribution in [1.29, 1.82) is 0 Å². The second kappa shape index (κ2) is 6.19. The highest BCUT2D eigenvalue weighted by Crippen LogP contribution is 2.10. The molecule has 1 aliphatic rings. The first-order valence-electron chi connectivity index (χ1n) is 4.53. The molecule has 15 heavy (non-hydrogen) atoms. The van der Waals surface area contributed by atoms with Crippen molar-refractivity contribution < 1.29 is 9.53 Å². The summed E-state index contributed by atoms with van der Waals surface area (Å²) in [6.07, 6.45) is 7.37. The number of esters is 1. The molecule has 0 radical (unpaired) electrons. The lowest BCUT2D eigenvalue weighted by Crippen LogP contribution is -2.10. The third-order valence-electron chi connectivity index (χ3n) is 1.82. The maximum atomic E-state index is 11.4. The fourth-order valence-electron chi connectivity index (χ4n) is 1.10. The first-order chi connectivity index (χ1) is 7.27. The van der Waals surface area contributed by atoms with Crippen molar-refractivity contribution in [3.8, 4) is 0 Å². The summed E-state index contributed by atoms with van der Waals surface area (Å²) in [5.74, 6) is -0.337. The number of aliphatic imine (C=N–C) groups is 1. The number of rotatable bonds is 4. The Morgan fingerprint density at radius 1 is 1.67 bits per heavy atom. The van der Waals surface area contributed by atoms with Gasteiger partial charge in [0.2, 0.25) is 0 Å². The zero-order chi connectivity index (χ0) is 11.1. The number of halogens is 1. The molecular weight excluding hydrogens is 214 g/mol. The van der Waals surface area contributed by atoms with Crippen molar-refractivity contribution in [3.05, 3.63) is 36.5 Å². The summed E-state index contributed by atoms with van der Waals surface area (Å²) < 4.78 is 4.88. The van der Waals surface area contributed by atoms with Gasteiger partial charge in [0.15, 0.2) is 0 Å². The Morgan fingerprint density at radius 2 is 2.47 bits per heavy atom. The number of ether oxygens (including phenoxy) is 1. The Hall–Kier alpha value is -1.35. The molecule has 0 aromatic carbocycles. The van der Waals surface area contributed by atoms with Gasteiger partial charge in [0.25, 0.3) is 0 Å². The van der Waals surface area contributed by atoms with Gasteiger partial charge in [-0.05, 0) is 12.2 Å². The number of carbonyl (C=O) groups is 1. The largest absolute Gasteiger partial charge is 0.458 e. The van der Waals surface area contributed by atoms with Gasteiger partial charge in [0.1, 0.15) is 12.6 Å². The third kappa shape index (κ3) is 3.72. The van der Waals surface area contributed by atoms with Crippen LogP contribution in [0.3, 0.4) is 0 Å². The highest BCUT2D eigenvalue weighted by Gasteiger charge is 2.10. The van der Waals surface area contributed by atoms with Crippen molar-refractivity contribution >= 4 is 23.3 Å². The highest BCUT2D eigenvalue weighted by molar-refractivity contribution is 6.18.